The molecule has 0 atom stereocenters. The number of nitriles is 2. The number of nitro groups is 3. The van der Waals surface area contributed by atoms with Crippen LogP contribution < -0.4 is 61.7 Å². The summed E-state index contributed by atoms with van der Waals surface area (Å²) in [7, 11) is 7.15. The van der Waals surface area contributed by atoms with Gasteiger partial charge in [-0.3, -0.25) is 93.0 Å². The molecule has 5 amide bonds. The van der Waals surface area contributed by atoms with Gasteiger partial charge < -0.3 is 81.1 Å². The van der Waals surface area contributed by atoms with Crippen LogP contribution in [0.2, 0.25) is 25.1 Å². The van der Waals surface area contributed by atoms with Crippen LogP contribution in [0.1, 0.15) is 58.9 Å². The number of aromatic nitrogens is 4. The number of benzene rings is 5. The second kappa shape index (κ2) is 67.9. The molecule has 3 aliphatic rings. The van der Waals surface area contributed by atoms with E-state index in [2.05, 4.69) is 56.3 Å². The predicted octanol–water partition coefficient (Wildman–Crippen LogP) is 8.93. The maximum Gasteiger partial charge on any atom is 0.312 e. The van der Waals surface area contributed by atoms with Crippen LogP contribution in [0.15, 0.2) is 85.5 Å². The molecule has 10 N–H and O–H groups in total. The molecule has 10 rings (SSSR count). The number of ether oxygens (including phenoxy) is 8. The van der Waals surface area contributed by atoms with Gasteiger partial charge in [0.1, 0.15) is 35.3 Å². The number of carbonyl (C=O) groups excluding carboxylic acids is 7. The van der Waals surface area contributed by atoms with Crippen LogP contribution in [0.25, 0.3) is 0 Å². The molecule has 3 fully saturated rings. The van der Waals surface area contributed by atoms with Gasteiger partial charge in [-0.15, -0.1) is 23.2 Å². The van der Waals surface area contributed by atoms with Gasteiger partial charge in [0.2, 0.25) is 34.8 Å². The van der Waals surface area contributed by atoms with Gasteiger partial charge >= 0.3 is 17.1 Å². The third-order valence-corrected chi connectivity index (χ3v) is 20.5. The summed E-state index contributed by atoms with van der Waals surface area (Å²) in [4.78, 5) is 132. The normalized spacial score (nSPS) is 12.5. The minimum atomic E-state index is -1.00. The van der Waals surface area contributed by atoms with Crippen LogP contribution in [0.4, 0.5) is 32.8 Å². The van der Waals surface area contributed by atoms with Gasteiger partial charge in [0, 0.05) is 107 Å². The number of aliphatic hydroxyl groups is 1. The van der Waals surface area contributed by atoms with Crippen molar-refractivity contribution in [3.63, 3.8) is 0 Å². The van der Waals surface area contributed by atoms with Crippen LogP contribution in [-0.2, 0) is 92.7 Å². The Labute approximate surface area is 814 Å². The fourth-order valence-corrected chi connectivity index (χ4v) is 12.9. The average Bonchev–Trinajstić information content (AvgIpc) is 0.820. The molecule has 5 heterocycles. The van der Waals surface area contributed by atoms with E-state index in [0.29, 0.717) is 185 Å². The molecule has 3 aliphatic heterocycles. The molecule has 0 spiro atoms. The Morgan fingerprint density at radius 2 is 0.784 bits per heavy atom. The molecule has 732 valence electrons. The third kappa shape index (κ3) is 46.2. The van der Waals surface area contributed by atoms with Crippen molar-refractivity contribution in [3.05, 3.63) is 192 Å². The Morgan fingerprint density at radius 1 is 0.485 bits per heavy atom. The molecule has 0 aliphatic carbocycles. The lowest BCUT2D eigenvalue weighted by Crippen LogP contribution is -2.43. The van der Waals surface area contributed by atoms with E-state index < -0.39 is 27.2 Å². The second-order valence-corrected chi connectivity index (χ2v) is 30.3. The van der Waals surface area contributed by atoms with Gasteiger partial charge in [0.05, 0.1) is 193 Å². The van der Waals surface area contributed by atoms with Gasteiger partial charge in [-0.2, -0.15) is 10.5 Å². The smallest absolute Gasteiger partial charge is 0.312 e. The van der Waals surface area contributed by atoms with Gasteiger partial charge in [0.15, 0.2) is 28.6 Å². The number of ketones is 1. The number of nitrogens with two attached hydrogens (primary N) is 2. The second-order valence-electron chi connectivity index (χ2n) is 27.3. The molecule has 50 heteroatoms. The highest BCUT2D eigenvalue weighted by atomic mass is 35.5. The van der Waals surface area contributed by atoms with Crippen molar-refractivity contribution < 1.29 is 97.1 Å². The minimum absolute atomic E-state index is 0.0143. The zero-order valence-electron chi connectivity index (χ0n) is 75.2. The summed E-state index contributed by atoms with van der Waals surface area (Å²) >= 11 is 45.3. The van der Waals surface area contributed by atoms with E-state index in [1.165, 1.54) is 90.5 Å². The van der Waals surface area contributed by atoms with E-state index in [4.69, 9.17) is 159 Å². The molecule has 134 heavy (non-hydrogen) atoms. The minimum Gasteiger partial charge on any atom is -0.495 e. The van der Waals surface area contributed by atoms with Crippen LogP contribution >= 0.6 is 92.8 Å². The number of hydrogen-bond donors (Lipinski definition) is 8. The third-order valence-electron chi connectivity index (χ3n) is 18.0. The number of aliphatic hydroxyl groups excluding tert-OH is 1. The average molecular weight is 2040 g/mol. The van der Waals surface area contributed by atoms with E-state index in [9.17, 15) is 68.3 Å². The predicted molar refractivity (Wildman–Crippen MR) is 503 cm³/mol. The summed E-state index contributed by atoms with van der Waals surface area (Å²) in [5.41, 5.74) is 16.9. The first kappa shape index (κ1) is 117. The molecule has 7 aromatic rings. The van der Waals surface area contributed by atoms with Crippen molar-refractivity contribution in [2.45, 2.75) is 51.9 Å². The number of halogens is 9. The summed E-state index contributed by atoms with van der Waals surface area (Å²) in [6.45, 7) is 13.2. The van der Waals surface area contributed by atoms with Gasteiger partial charge in [0.25, 0.3) is 0 Å². The van der Waals surface area contributed by atoms with E-state index in [0.717, 1.165) is 63.1 Å². The van der Waals surface area contributed by atoms with Crippen LogP contribution in [-0.4, -0.2) is 288 Å². The van der Waals surface area contributed by atoms with Gasteiger partial charge in [-0.1, -0.05) is 58.0 Å². The number of alkyl halides is 3. The number of Topliss-reactive ketones (excluding diaryl/α,β-unsaturated/α-hetero) is 1. The van der Waals surface area contributed by atoms with Crippen LogP contribution in [0, 0.1) is 53.0 Å². The van der Waals surface area contributed by atoms with E-state index in [1.807, 2.05) is 23.1 Å². The zero-order chi connectivity index (χ0) is 101. The lowest BCUT2D eigenvalue weighted by atomic mass is 10.1. The SMILES string of the molecule is CC(=O)Cc1cnc(C#N)cn1.CO.COc1cc(CCN)c(Cl)cc1[N+](=O)[O-].COc1cc(CCNC(=O)CCl)c(Cl)cc1[N+](=O)[O-].COc1cc(CCNC(=O)CN2CCOCC2)c(Cl)cc1N.COc1cc(CCNC(=O)CN2CCOCC2)c(Cl)cc1NC(=O)Cc1cnc(C#N)cn1.COc1cc(CCNC(=O)CN2CCOCC2)c(Cl)cc1[N+](=O)[O-].O=C(Cl)CCl.[2H]CF. The van der Waals surface area contributed by atoms with Crippen LogP contribution in [0.5, 0.6) is 28.7 Å². The molecule has 0 saturated carbocycles. The summed E-state index contributed by atoms with van der Waals surface area (Å²) < 4.78 is 56.7. The van der Waals surface area contributed by atoms with Crippen molar-refractivity contribution in [3.8, 4) is 40.9 Å². The number of rotatable bonds is 35. The van der Waals surface area contributed by atoms with Gasteiger partial charge in [-0.25, -0.2) is 9.97 Å². The number of anilines is 2. The number of amides is 5. The van der Waals surface area contributed by atoms with E-state index in [-0.39, 0.29) is 116 Å². The number of carbonyl (C=O) groups is 7. The molecule has 0 radical (unpaired) electrons. The fraction of sp³-hybridized carbons (Fsp3) is 0.440. The van der Waals surface area contributed by atoms with Crippen molar-refractivity contribution >= 4 is 162 Å². The number of nitrogen functional groups attached to an aromatic ring is 1. The lowest BCUT2D eigenvalue weighted by molar-refractivity contribution is -0.385. The number of nitrogens with zero attached hydrogens (tertiary/aromatic N) is 12. The number of morpholine rings is 3. The van der Waals surface area contributed by atoms with E-state index in [1.54, 1.807) is 31.4 Å². The van der Waals surface area contributed by atoms with Crippen molar-refractivity contribution in [1.82, 2.24) is 55.9 Å². The highest BCUT2D eigenvalue weighted by Crippen LogP contribution is 2.37. The summed E-state index contributed by atoms with van der Waals surface area (Å²) in [5, 5.41) is 71.9. The zero-order valence-corrected chi connectivity index (χ0v) is 80.3. The number of methoxy groups -OCH3 is 5. The lowest BCUT2D eigenvalue weighted by Gasteiger charge is -2.25. The summed E-state index contributed by atoms with van der Waals surface area (Å²) in [6.07, 6.45) is 8.36. The topological polar surface area (TPSA) is 564 Å². The van der Waals surface area contributed by atoms with Crippen molar-refractivity contribution in [1.29, 1.82) is 10.5 Å². The van der Waals surface area contributed by atoms with Crippen LogP contribution in [0.3, 0.4) is 0 Å². The Hall–Kier alpha value is -11.1. The van der Waals surface area contributed by atoms with Crippen molar-refractivity contribution in [2.75, 3.05) is 204 Å². The first-order valence-electron chi connectivity index (χ1n) is 40.8. The molecule has 3 saturated heterocycles. The Morgan fingerprint density at radius 3 is 1.07 bits per heavy atom. The molecular formula is C84H106Cl8FN19O22. The Kier molecular flexibility index (Phi) is 59.3. The maximum atomic E-state index is 12.4. The molecule has 0 bridgehead atoms. The molecule has 5 aromatic carbocycles. The molecule has 2 aromatic heterocycles. The first-order valence-corrected chi connectivity index (χ1v) is 43.4. The number of nitrogens with one attached hydrogen (secondary N) is 5. The Bertz CT molecular complexity index is 5030. The summed E-state index contributed by atoms with van der Waals surface area (Å²) in [5.74, 6) is 0.649. The maximum absolute atomic E-state index is 12.4. The fourth-order valence-electron chi connectivity index (χ4n) is 11.5. The Balaban J connectivity index is 0.000000549. The quantitative estimate of drug-likeness (QED) is 0.00604. The first-order chi connectivity index (χ1) is 64.6. The monoisotopic (exact) mass is 2030 g/mol. The molecule has 0 unspecified atom stereocenters. The number of nitro benzene ring substituents is 3. The summed E-state index contributed by atoms with van der Waals surface area (Å²) in [6, 6.07) is 18.9. The largest absolute Gasteiger partial charge is 0.495 e. The highest BCUT2D eigenvalue weighted by Gasteiger charge is 2.24. The van der Waals surface area contributed by atoms with E-state index >= 15 is 0 Å². The molecular weight excluding hydrogens is 1930 g/mol. The van der Waals surface area contributed by atoms with Crippen molar-refractivity contribution in [2.24, 2.45) is 5.73 Å². The highest BCUT2D eigenvalue weighted by molar-refractivity contribution is 6.67. The van der Waals surface area contributed by atoms with Gasteiger partial charge in [-0.05, 0) is 127 Å². The molecule has 41 nitrogen and oxygen atoms in total. The standard InChI is InChI=1S/C22H25ClN6O4.C15H20ClN3O5.C15H22ClN3O3.C11H12Cl2N2O4.C9H11ClN2O3.C8H7N3O.C2H2Cl2O.CH3F.CH4O/c1-32-20-8-15(2-3-25-22(31)14-29-4-6-33-7-5-29)18(23)10-19(20)28-21(30)9-16-12-27-17(11-24)13-26-16;1-23-14-8-11(12(16)9-13(14)19(21)22)2-3-17-15(20)10-18-4-6-24-7-5-18;1-21-14-8-11(12(16)9-13(14)17)2-3-18-15(20)10-19-4-6-22-7-5-19;1-19-10-4-7(2-3-14-11(16)6-12)8(13)5-9(10)15(17)18;1-15-9-4-6(2-3-11)7(10)5-8(9)12(13)14;1-6(12)2-7-4-11-8(3-9)5-10-7;3-1-2(4)5;2*1-2/h8,10,12-13H,2-7,9,14H2,1H3,(H,25,31)(H,28,30);8-9H,2-7,10H2,1H3,(H,17,20);8-9H,2-7,10,17H2,1H3,(H,18,20);4-5H,2-3,6H2,1H3,(H,14,16);4-5H,2-3,11H2,1H3;4-5H,2H2,1H3;1H2;1H3;2H,1H3/i;;;;;;;1D;. The number of hydrogen-bond acceptors (Lipinski definition) is 33.